The summed E-state index contributed by atoms with van der Waals surface area (Å²) < 4.78 is 38.1. The van der Waals surface area contributed by atoms with Gasteiger partial charge in [-0.25, -0.2) is 8.42 Å². The number of hydrogen-bond donors (Lipinski definition) is 1. The van der Waals surface area contributed by atoms with Crippen LogP contribution in [0.3, 0.4) is 0 Å². The second kappa shape index (κ2) is 9.41. The van der Waals surface area contributed by atoms with Crippen LogP contribution in [-0.4, -0.2) is 52.0 Å². The number of benzene rings is 1. The number of piperidine rings is 1. The Morgan fingerprint density at radius 3 is 2.70 bits per heavy atom. The Kier molecular flexibility index (Phi) is 7.49. The third-order valence-corrected chi connectivity index (χ3v) is 6.74. The summed E-state index contributed by atoms with van der Waals surface area (Å²) in [5.41, 5.74) is 0. The number of methoxy groups -OCH3 is 2. The molecule has 1 heterocycles. The molecule has 0 radical (unpaired) electrons. The first-order valence-corrected chi connectivity index (χ1v) is 10.8. The van der Waals surface area contributed by atoms with Gasteiger partial charge in [-0.1, -0.05) is 13.3 Å². The van der Waals surface area contributed by atoms with Crippen molar-refractivity contribution in [3.05, 3.63) is 18.2 Å². The minimum Gasteiger partial charge on any atom is -0.497 e. The molecule has 1 saturated heterocycles. The van der Waals surface area contributed by atoms with E-state index in [2.05, 4.69) is 12.2 Å². The van der Waals surface area contributed by atoms with E-state index in [1.54, 1.807) is 12.1 Å². The van der Waals surface area contributed by atoms with Crippen LogP contribution in [0.25, 0.3) is 0 Å². The number of rotatable bonds is 8. The van der Waals surface area contributed by atoms with Crippen LogP contribution >= 0.6 is 0 Å². The highest BCUT2D eigenvalue weighted by Gasteiger charge is 2.35. The largest absolute Gasteiger partial charge is 0.497 e. The number of sulfonamides is 1. The van der Waals surface area contributed by atoms with Crippen LogP contribution in [0, 0.1) is 5.92 Å². The SMILES string of the molecule is CCC[C@@H](C)NC(=O)[C@@H]1CCCN(S(=O)(=O)c2cc(OC)ccc2OC)C1. The van der Waals surface area contributed by atoms with E-state index in [9.17, 15) is 13.2 Å². The van der Waals surface area contributed by atoms with Gasteiger partial charge in [0.2, 0.25) is 15.9 Å². The number of ether oxygens (including phenoxy) is 2. The molecule has 8 heteroatoms. The Morgan fingerprint density at radius 2 is 2.07 bits per heavy atom. The van der Waals surface area contributed by atoms with Crippen LogP contribution in [0.1, 0.15) is 39.5 Å². The minimum atomic E-state index is -3.79. The number of carbonyl (C=O) groups excluding carboxylic acids is 1. The second-order valence-electron chi connectivity index (χ2n) is 6.92. The smallest absolute Gasteiger partial charge is 0.246 e. The van der Waals surface area contributed by atoms with E-state index in [0.29, 0.717) is 25.1 Å². The fourth-order valence-electron chi connectivity index (χ4n) is 3.37. The van der Waals surface area contributed by atoms with Gasteiger partial charge in [-0.3, -0.25) is 4.79 Å². The van der Waals surface area contributed by atoms with Gasteiger partial charge in [-0.05, 0) is 38.3 Å². The van der Waals surface area contributed by atoms with E-state index < -0.39 is 10.0 Å². The first kappa shape index (κ1) is 21.5. The first-order valence-electron chi connectivity index (χ1n) is 9.36. The molecule has 1 aromatic carbocycles. The molecule has 0 aromatic heterocycles. The summed E-state index contributed by atoms with van der Waals surface area (Å²) in [6.07, 6.45) is 3.22. The predicted molar refractivity (Wildman–Crippen MR) is 104 cm³/mol. The maximum atomic E-state index is 13.2. The third kappa shape index (κ3) is 5.13. The number of nitrogens with one attached hydrogen (secondary N) is 1. The van der Waals surface area contributed by atoms with E-state index in [1.165, 1.54) is 24.6 Å². The molecule has 1 amide bonds. The van der Waals surface area contributed by atoms with Gasteiger partial charge in [0.25, 0.3) is 0 Å². The van der Waals surface area contributed by atoms with Crippen molar-refractivity contribution in [2.24, 2.45) is 5.92 Å². The highest BCUT2D eigenvalue weighted by Crippen LogP contribution is 2.32. The van der Waals surface area contributed by atoms with Crippen LogP contribution in [0.15, 0.2) is 23.1 Å². The van der Waals surface area contributed by atoms with Crippen molar-refractivity contribution in [3.63, 3.8) is 0 Å². The summed E-state index contributed by atoms with van der Waals surface area (Å²) in [5, 5.41) is 3.00. The molecule has 0 unspecified atom stereocenters. The topological polar surface area (TPSA) is 84.9 Å². The zero-order valence-corrected chi connectivity index (χ0v) is 17.3. The Bertz CT molecular complexity index is 750. The molecule has 0 saturated carbocycles. The average Bonchev–Trinajstić information content (AvgIpc) is 2.67. The quantitative estimate of drug-likeness (QED) is 0.727. The molecular weight excluding hydrogens is 368 g/mol. The summed E-state index contributed by atoms with van der Waals surface area (Å²) in [5.74, 6) is 0.283. The highest BCUT2D eigenvalue weighted by atomic mass is 32.2. The van der Waals surface area contributed by atoms with Crippen molar-refractivity contribution in [1.82, 2.24) is 9.62 Å². The molecule has 7 nitrogen and oxygen atoms in total. The maximum Gasteiger partial charge on any atom is 0.246 e. The zero-order chi connectivity index (χ0) is 20.0. The molecular formula is C19H30N2O5S. The summed E-state index contributed by atoms with van der Waals surface area (Å²) in [4.78, 5) is 12.6. The zero-order valence-electron chi connectivity index (χ0n) is 16.5. The molecule has 152 valence electrons. The van der Waals surface area contributed by atoms with Gasteiger partial charge in [-0.2, -0.15) is 4.31 Å². The van der Waals surface area contributed by atoms with E-state index in [4.69, 9.17) is 9.47 Å². The van der Waals surface area contributed by atoms with Gasteiger partial charge in [0.1, 0.15) is 16.4 Å². The van der Waals surface area contributed by atoms with Crippen molar-refractivity contribution in [2.45, 2.75) is 50.5 Å². The fraction of sp³-hybridized carbons (Fsp3) is 0.632. The van der Waals surface area contributed by atoms with E-state index in [0.717, 1.165) is 12.8 Å². The van der Waals surface area contributed by atoms with Crippen LogP contribution < -0.4 is 14.8 Å². The Hall–Kier alpha value is -1.80. The van der Waals surface area contributed by atoms with E-state index in [1.807, 2.05) is 6.92 Å². The summed E-state index contributed by atoms with van der Waals surface area (Å²) in [6.45, 7) is 4.60. The Morgan fingerprint density at radius 1 is 1.33 bits per heavy atom. The molecule has 2 rings (SSSR count). The Balaban J connectivity index is 2.20. The fourth-order valence-corrected chi connectivity index (χ4v) is 5.06. The molecule has 1 fully saturated rings. The molecule has 1 N–H and O–H groups in total. The van der Waals surface area contributed by atoms with E-state index in [-0.39, 0.29) is 35.1 Å². The lowest BCUT2D eigenvalue weighted by Gasteiger charge is -2.32. The van der Waals surface area contributed by atoms with Gasteiger partial charge in [0, 0.05) is 25.2 Å². The van der Waals surface area contributed by atoms with Crippen LogP contribution in [0.4, 0.5) is 0 Å². The summed E-state index contributed by atoms with van der Waals surface area (Å²) in [6, 6.07) is 4.78. The van der Waals surface area contributed by atoms with Crippen molar-refractivity contribution >= 4 is 15.9 Å². The molecule has 0 spiro atoms. The standard InChI is InChI=1S/C19H30N2O5S/c1-5-7-14(2)20-19(22)15-8-6-11-21(13-15)27(23,24)18-12-16(25-3)9-10-17(18)26-4/h9-10,12,14-15H,5-8,11,13H2,1-4H3,(H,20,22)/t14-,15-/m1/s1. The van der Waals surface area contributed by atoms with Crippen molar-refractivity contribution in [2.75, 3.05) is 27.3 Å². The van der Waals surface area contributed by atoms with Crippen LogP contribution in [0.2, 0.25) is 0 Å². The van der Waals surface area contributed by atoms with Crippen LogP contribution in [0.5, 0.6) is 11.5 Å². The number of amides is 1. The van der Waals surface area contributed by atoms with Gasteiger partial charge < -0.3 is 14.8 Å². The normalized spacial score (nSPS) is 19.3. The molecule has 1 aromatic rings. The number of nitrogens with zero attached hydrogens (tertiary/aromatic N) is 1. The third-order valence-electron chi connectivity index (χ3n) is 4.85. The minimum absolute atomic E-state index is 0.0600. The van der Waals surface area contributed by atoms with Gasteiger partial charge >= 0.3 is 0 Å². The summed E-state index contributed by atoms with van der Waals surface area (Å²) >= 11 is 0. The number of hydrogen-bond acceptors (Lipinski definition) is 5. The van der Waals surface area contributed by atoms with Crippen molar-refractivity contribution in [1.29, 1.82) is 0 Å². The predicted octanol–water partition coefficient (Wildman–Crippen LogP) is 2.41. The number of carbonyl (C=O) groups is 1. The second-order valence-corrected chi connectivity index (χ2v) is 8.82. The molecule has 0 aliphatic carbocycles. The average molecular weight is 399 g/mol. The molecule has 1 aliphatic heterocycles. The molecule has 1 aliphatic rings. The maximum absolute atomic E-state index is 13.2. The molecule has 0 bridgehead atoms. The highest BCUT2D eigenvalue weighted by molar-refractivity contribution is 7.89. The van der Waals surface area contributed by atoms with Gasteiger partial charge in [0.05, 0.1) is 20.1 Å². The van der Waals surface area contributed by atoms with Crippen LogP contribution in [-0.2, 0) is 14.8 Å². The lowest BCUT2D eigenvalue weighted by atomic mass is 9.98. The molecule has 27 heavy (non-hydrogen) atoms. The summed E-state index contributed by atoms with van der Waals surface area (Å²) in [7, 11) is -0.878. The van der Waals surface area contributed by atoms with Gasteiger partial charge in [-0.15, -0.1) is 0 Å². The molecule has 2 atom stereocenters. The Labute approximate surface area is 162 Å². The van der Waals surface area contributed by atoms with Gasteiger partial charge in [0.15, 0.2) is 0 Å². The lowest BCUT2D eigenvalue weighted by Crippen LogP contribution is -2.47. The first-order chi connectivity index (χ1) is 12.8. The van der Waals surface area contributed by atoms with Crippen molar-refractivity contribution in [3.8, 4) is 11.5 Å². The monoisotopic (exact) mass is 398 g/mol. The van der Waals surface area contributed by atoms with E-state index >= 15 is 0 Å². The van der Waals surface area contributed by atoms with Crippen molar-refractivity contribution < 1.29 is 22.7 Å². The lowest BCUT2D eigenvalue weighted by molar-refractivity contribution is -0.126.